The van der Waals surface area contributed by atoms with Gasteiger partial charge in [0.1, 0.15) is 17.1 Å². The first kappa shape index (κ1) is 21.1. The summed E-state index contributed by atoms with van der Waals surface area (Å²) in [7, 11) is 0. The molecule has 160 valence electrons. The molecule has 0 saturated carbocycles. The summed E-state index contributed by atoms with van der Waals surface area (Å²) in [6, 6.07) is 16.0. The second kappa shape index (κ2) is 10.2. The molecule has 1 aromatic carbocycles. The third-order valence-corrected chi connectivity index (χ3v) is 5.88. The van der Waals surface area contributed by atoms with E-state index in [-0.39, 0.29) is 5.91 Å². The molecule has 1 N–H and O–H groups in total. The summed E-state index contributed by atoms with van der Waals surface area (Å²) in [5.41, 5.74) is 2.90. The summed E-state index contributed by atoms with van der Waals surface area (Å²) < 4.78 is 7.58. The molecule has 0 aliphatic heterocycles. The van der Waals surface area contributed by atoms with Gasteiger partial charge in [-0.3, -0.25) is 4.79 Å². The number of aryl methyl sites for hydroxylation is 1. The van der Waals surface area contributed by atoms with Gasteiger partial charge in [-0.25, -0.2) is 9.97 Å². The van der Waals surface area contributed by atoms with Crippen LogP contribution >= 0.6 is 11.3 Å². The van der Waals surface area contributed by atoms with Gasteiger partial charge in [-0.05, 0) is 54.6 Å². The van der Waals surface area contributed by atoms with Crippen molar-refractivity contribution in [3.05, 3.63) is 76.4 Å². The van der Waals surface area contributed by atoms with Crippen LogP contribution in [0.5, 0.6) is 5.75 Å². The predicted octanol–water partition coefficient (Wildman–Crippen LogP) is 4.23. The van der Waals surface area contributed by atoms with Crippen molar-refractivity contribution in [1.29, 1.82) is 0 Å². The lowest BCUT2D eigenvalue weighted by molar-refractivity contribution is -0.121. The molecule has 1 amide bonds. The Morgan fingerprint density at radius 1 is 1.13 bits per heavy atom. The smallest absolute Gasteiger partial charge is 0.220 e. The molecule has 3 aromatic heterocycles. The van der Waals surface area contributed by atoms with Gasteiger partial charge in [0.25, 0.3) is 0 Å². The Bertz CT molecular complexity index is 1120. The number of fused-ring (bicyclic) bond motifs is 1. The van der Waals surface area contributed by atoms with Gasteiger partial charge in [0.15, 0.2) is 5.65 Å². The molecule has 31 heavy (non-hydrogen) atoms. The van der Waals surface area contributed by atoms with E-state index >= 15 is 0 Å². The van der Waals surface area contributed by atoms with Gasteiger partial charge in [0, 0.05) is 30.5 Å². The molecule has 4 aromatic rings. The quantitative estimate of drug-likeness (QED) is 0.406. The minimum Gasteiger partial charge on any atom is -0.494 e. The molecular weight excluding hydrogens is 408 g/mol. The van der Waals surface area contributed by atoms with Gasteiger partial charge in [-0.2, -0.15) is 0 Å². The Labute approximate surface area is 185 Å². The van der Waals surface area contributed by atoms with E-state index in [2.05, 4.69) is 26.3 Å². The molecule has 7 heteroatoms. The maximum Gasteiger partial charge on any atom is 0.220 e. The lowest BCUT2D eigenvalue weighted by Crippen LogP contribution is -2.26. The van der Waals surface area contributed by atoms with Crippen LogP contribution in [0.4, 0.5) is 0 Å². The highest BCUT2D eigenvalue weighted by atomic mass is 32.1. The van der Waals surface area contributed by atoms with Crippen molar-refractivity contribution in [3.63, 3.8) is 0 Å². The first-order chi connectivity index (χ1) is 15.2. The van der Waals surface area contributed by atoms with Crippen molar-refractivity contribution in [3.8, 4) is 5.75 Å². The highest BCUT2D eigenvalue weighted by molar-refractivity contribution is 7.09. The van der Waals surface area contributed by atoms with Crippen LogP contribution in [0.15, 0.2) is 60.1 Å². The SMILES string of the molecule is CCOc1ccc(CCNC(=O)CCc2nc3cccnc3n2Cc2cccs2)cc1. The van der Waals surface area contributed by atoms with E-state index in [1.165, 1.54) is 10.4 Å². The van der Waals surface area contributed by atoms with E-state index in [4.69, 9.17) is 9.72 Å². The minimum absolute atomic E-state index is 0.0358. The number of nitrogens with zero attached hydrogens (tertiary/aromatic N) is 3. The van der Waals surface area contributed by atoms with Crippen molar-refractivity contribution in [1.82, 2.24) is 19.9 Å². The number of pyridine rings is 1. The topological polar surface area (TPSA) is 69.0 Å². The number of thiophene rings is 1. The molecule has 0 aliphatic rings. The molecular formula is C24H26N4O2S. The summed E-state index contributed by atoms with van der Waals surface area (Å²) >= 11 is 1.71. The van der Waals surface area contributed by atoms with Crippen LogP contribution in [0.1, 0.15) is 29.6 Å². The first-order valence-corrected chi connectivity index (χ1v) is 11.4. The van der Waals surface area contributed by atoms with Gasteiger partial charge < -0.3 is 14.6 Å². The van der Waals surface area contributed by atoms with Gasteiger partial charge in [-0.15, -0.1) is 11.3 Å². The van der Waals surface area contributed by atoms with E-state index in [0.29, 0.717) is 26.0 Å². The van der Waals surface area contributed by atoms with Crippen LogP contribution in [0.2, 0.25) is 0 Å². The molecule has 0 spiro atoms. The Balaban J connectivity index is 1.32. The summed E-state index contributed by atoms with van der Waals surface area (Å²) in [5, 5.41) is 5.09. The van der Waals surface area contributed by atoms with Crippen LogP contribution in [-0.4, -0.2) is 33.6 Å². The lowest BCUT2D eigenvalue weighted by atomic mass is 10.1. The van der Waals surface area contributed by atoms with E-state index in [1.54, 1.807) is 17.5 Å². The third-order valence-electron chi connectivity index (χ3n) is 5.02. The zero-order valence-electron chi connectivity index (χ0n) is 17.6. The highest BCUT2D eigenvalue weighted by Gasteiger charge is 2.14. The molecule has 0 atom stereocenters. The average Bonchev–Trinajstić information content (AvgIpc) is 3.42. The fourth-order valence-electron chi connectivity index (χ4n) is 3.50. The van der Waals surface area contributed by atoms with Crippen LogP contribution < -0.4 is 10.1 Å². The highest BCUT2D eigenvalue weighted by Crippen LogP contribution is 2.19. The number of nitrogens with one attached hydrogen (secondary N) is 1. The predicted molar refractivity (Wildman–Crippen MR) is 124 cm³/mol. The van der Waals surface area contributed by atoms with Crippen LogP contribution in [0, 0.1) is 0 Å². The van der Waals surface area contributed by atoms with Gasteiger partial charge in [-0.1, -0.05) is 18.2 Å². The van der Waals surface area contributed by atoms with Crippen LogP contribution in [0.25, 0.3) is 11.2 Å². The fourth-order valence-corrected chi connectivity index (χ4v) is 4.19. The van der Waals surface area contributed by atoms with Gasteiger partial charge in [0.05, 0.1) is 13.2 Å². The number of benzene rings is 1. The number of carbonyl (C=O) groups excluding carboxylic acids is 1. The maximum atomic E-state index is 12.4. The van der Waals surface area contributed by atoms with Crippen molar-refractivity contribution < 1.29 is 9.53 Å². The van der Waals surface area contributed by atoms with Gasteiger partial charge in [0.2, 0.25) is 5.91 Å². The molecule has 0 unspecified atom stereocenters. The first-order valence-electron chi connectivity index (χ1n) is 10.5. The Morgan fingerprint density at radius 2 is 2.00 bits per heavy atom. The summed E-state index contributed by atoms with van der Waals surface area (Å²) in [4.78, 5) is 22.9. The van der Waals surface area contributed by atoms with Crippen LogP contribution in [-0.2, 0) is 24.2 Å². The van der Waals surface area contributed by atoms with Gasteiger partial charge >= 0.3 is 0 Å². The Morgan fingerprint density at radius 3 is 2.77 bits per heavy atom. The molecule has 0 saturated heterocycles. The average molecular weight is 435 g/mol. The van der Waals surface area contributed by atoms with E-state index < -0.39 is 0 Å². The number of aromatic nitrogens is 3. The molecule has 0 fully saturated rings. The number of hydrogen-bond acceptors (Lipinski definition) is 5. The number of hydrogen-bond donors (Lipinski definition) is 1. The number of rotatable bonds is 10. The summed E-state index contributed by atoms with van der Waals surface area (Å²) in [5.74, 6) is 1.80. The maximum absolute atomic E-state index is 12.4. The second-order valence-electron chi connectivity index (χ2n) is 7.22. The number of imidazole rings is 1. The Hall–Kier alpha value is -3.19. The fraction of sp³-hybridized carbons (Fsp3) is 0.292. The molecule has 3 heterocycles. The number of carbonyl (C=O) groups is 1. The third kappa shape index (κ3) is 5.49. The number of amides is 1. The molecule has 0 bridgehead atoms. The van der Waals surface area contributed by atoms with E-state index in [0.717, 1.165) is 35.7 Å². The van der Waals surface area contributed by atoms with Crippen molar-refractivity contribution in [2.24, 2.45) is 0 Å². The van der Waals surface area contributed by atoms with E-state index in [1.807, 2.05) is 49.4 Å². The standard InChI is InChI=1S/C24H26N4O2S/c1-2-30-19-9-7-18(8-10-19)13-15-25-23(29)12-11-22-27-21-6-3-14-26-24(21)28(22)17-20-5-4-16-31-20/h3-10,14,16H,2,11-13,15,17H2,1H3,(H,25,29). The zero-order chi connectivity index (χ0) is 21.5. The molecule has 4 rings (SSSR count). The van der Waals surface area contributed by atoms with E-state index in [9.17, 15) is 4.79 Å². The minimum atomic E-state index is 0.0358. The Kier molecular flexibility index (Phi) is 6.94. The lowest BCUT2D eigenvalue weighted by Gasteiger charge is -2.09. The summed E-state index contributed by atoms with van der Waals surface area (Å²) in [6.07, 6.45) is 3.55. The van der Waals surface area contributed by atoms with Crippen molar-refractivity contribution in [2.45, 2.75) is 32.7 Å². The zero-order valence-corrected chi connectivity index (χ0v) is 18.4. The monoisotopic (exact) mass is 434 g/mol. The normalized spacial score (nSPS) is 11.0. The second-order valence-corrected chi connectivity index (χ2v) is 8.25. The molecule has 0 radical (unpaired) electrons. The summed E-state index contributed by atoms with van der Waals surface area (Å²) in [6.45, 7) is 3.96. The molecule has 6 nitrogen and oxygen atoms in total. The van der Waals surface area contributed by atoms with Crippen molar-refractivity contribution >= 4 is 28.4 Å². The largest absolute Gasteiger partial charge is 0.494 e. The molecule has 0 aliphatic carbocycles. The number of ether oxygens (including phenoxy) is 1. The van der Waals surface area contributed by atoms with Crippen molar-refractivity contribution in [2.75, 3.05) is 13.2 Å². The van der Waals surface area contributed by atoms with Crippen LogP contribution in [0.3, 0.4) is 0 Å².